The summed E-state index contributed by atoms with van der Waals surface area (Å²) in [6.45, 7) is 5.04. The van der Waals surface area contributed by atoms with Crippen LogP contribution in [-0.4, -0.2) is 10.9 Å². The van der Waals surface area contributed by atoms with Crippen LogP contribution in [0, 0.1) is 12.8 Å². The number of aromatic hydroxyl groups is 1. The topological polar surface area (TPSA) is 67.5 Å². The maximum absolute atomic E-state index is 11.3. The highest BCUT2D eigenvalue weighted by atomic mass is 16.4. The van der Waals surface area contributed by atoms with E-state index in [4.69, 9.17) is 4.42 Å². The summed E-state index contributed by atoms with van der Waals surface area (Å²) in [4.78, 5) is 22.4. The average Bonchev–Trinajstić information content (AvgIpc) is 2.31. The Morgan fingerprint density at radius 2 is 2.11 bits per heavy atom. The fourth-order valence-corrected chi connectivity index (χ4v) is 1.67. The summed E-state index contributed by atoms with van der Waals surface area (Å²) in [6, 6.07) is 1.49. The predicted molar refractivity (Wildman–Crippen MR) is 68.8 cm³/mol. The molecule has 0 spiro atoms. The molecule has 100 valence electrons. The van der Waals surface area contributed by atoms with Crippen LogP contribution >= 0.6 is 0 Å². The van der Waals surface area contributed by atoms with Crippen LogP contribution in [0.1, 0.15) is 44.4 Å². The highest BCUT2D eigenvalue weighted by molar-refractivity contribution is 5.77. The Morgan fingerprint density at radius 3 is 2.67 bits per heavy atom. The molecule has 1 aromatic rings. The number of hydrogen-bond acceptors (Lipinski definition) is 4. The Bertz CT molecular complexity index is 473. The van der Waals surface area contributed by atoms with Crippen molar-refractivity contribution in [2.75, 3.05) is 0 Å². The van der Waals surface area contributed by atoms with E-state index in [1.54, 1.807) is 6.92 Å². The zero-order chi connectivity index (χ0) is 13.7. The van der Waals surface area contributed by atoms with Gasteiger partial charge in [-0.2, -0.15) is 0 Å². The molecule has 0 saturated heterocycles. The highest BCUT2D eigenvalue weighted by Gasteiger charge is 2.09. The molecule has 0 aliphatic heterocycles. The van der Waals surface area contributed by atoms with Crippen LogP contribution in [0.2, 0.25) is 0 Å². The molecule has 0 amide bonds. The number of carbonyl (C=O) groups is 1. The Labute approximate surface area is 107 Å². The van der Waals surface area contributed by atoms with Crippen molar-refractivity contribution in [3.8, 4) is 5.75 Å². The summed E-state index contributed by atoms with van der Waals surface area (Å²) in [5.41, 5.74) is -0.244. The molecule has 0 saturated carbocycles. The van der Waals surface area contributed by atoms with Crippen molar-refractivity contribution in [2.24, 2.45) is 5.92 Å². The van der Waals surface area contributed by atoms with Gasteiger partial charge in [0, 0.05) is 18.4 Å². The average molecular weight is 252 g/mol. The Hall–Kier alpha value is -1.58. The van der Waals surface area contributed by atoms with Gasteiger partial charge in [0.15, 0.2) is 0 Å². The van der Waals surface area contributed by atoms with Crippen LogP contribution in [-0.2, 0) is 11.2 Å². The lowest BCUT2D eigenvalue weighted by molar-refractivity contribution is -0.120. The summed E-state index contributed by atoms with van der Waals surface area (Å²) in [5, 5.41) is 9.49. The van der Waals surface area contributed by atoms with Gasteiger partial charge in [-0.15, -0.1) is 0 Å². The van der Waals surface area contributed by atoms with E-state index >= 15 is 0 Å². The third-order valence-corrected chi connectivity index (χ3v) is 3.22. The molecular weight excluding hydrogens is 232 g/mol. The van der Waals surface area contributed by atoms with Crippen LogP contribution in [0.3, 0.4) is 0 Å². The second-order valence-corrected chi connectivity index (χ2v) is 4.77. The molecule has 0 unspecified atom stereocenters. The molecule has 0 radical (unpaired) electrons. The predicted octanol–water partition coefficient (Wildman–Crippen LogP) is 2.59. The lowest BCUT2D eigenvalue weighted by Gasteiger charge is -2.06. The van der Waals surface area contributed by atoms with Crippen LogP contribution in [0.5, 0.6) is 5.75 Å². The van der Waals surface area contributed by atoms with E-state index in [1.807, 2.05) is 6.92 Å². The standard InChI is InChI=1S/C14H20O4/c1-9(11(3)15)6-4-5-7-12-8-13(16)10(2)14(17)18-12/h8-9,16H,4-7H2,1-3H3/t9-/m0/s1. The van der Waals surface area contributed by atoms with E-state index in [9.17, 15) is 14.7 Å². The molecule has 0 aliphatic rings. The summed E-state index contributed by atoms with van der Waals surface area (Å²) in [6.07, 6.45) is 3.19. The first-order valence-electron chi connectivity index (χ1n) is 6.25. The molecule has 1 N–H and O–H groups in total. The van der Waals surface area contributed by atoms with E-state index < -0.39 is 5.63 Å². The minimum Gasteiger partial charge on any atom is -0.507 e. The summed E-state index contributed by atoms with van der Waals surface area (Å²) in [5.74, 6) is 0.773. The minimum atomic E-state index is -0.484. The lowest BCUT2D eigenvalue weighted by Crippen LogP contribution is -2.07. The van der Waals surface area contributed by atoms with Gasteiger partial charge in [0.2, 0.25) is 0 Å². The molecule has 0 fully saturated rings. The van der Waals surface area contributed by atoms with Crippen molar-refractivity contribution in [3.63, 3.8) is 0 Å². The van der Waals surface area contributed by atoms with E-state index in [1.165, 1.54) is 13.0 Å². The van der Waals surface area contributed by atoms with Crippen molar-refractivity contribution in [1.29, 1.82) is 0 Å². The molecular formula is C14H20O4. The Kier molecular flexibility index (Phi) is 5.13. The maximum Gasteiger partial charge on any atom is 0.342 e. The van der Waals surface area contributed by atoms with E-state index in [2.05, 4.69) is 0 Å². The smallest absolute Gasteiger partial charge is 0.342 e. The minimum absolute atomic E-state index is 0.0154. The van der Waals surface area contributed by atoms with Crippen LogP contribution in [0.15, 0.2) is 15.3 Å². The second kappa shape index (κ2) is 6.38. The number of rotatable bonds is 6. The van der Waals surface area contributed by atoms with E-state index in [0.717, 1.165) is 19.3 Å². The van der Waals surface area contributed by atoms with Crippen LogP contribution in [0.4, 0.5) is 0 Å². The maximum atomic E-state index is 11.3. The molecule has 4 heteroatoms. The van der Waals surface area contributed by atoms with E-state index in [0.29, 0.717) is 12.2 Å². The number of unbranched alkanes of at least 4 members (excludes halogenated alkanes) is 1. The molecule has 0 aliphatic carbocycles. The normalized spacial score (nSPS) is 12.4. The Morgan fingerprint density at radius 1 is 1.44 bits per heavy atom. The third-order valence-electron chi connectivity index (χ3n) is 3.22. The van der Waals surface area contributed by atoms with Gasteiger partial charge in [-0.05, 0) is 26.7 Å². The number of hydrogen-bond donors (Lipinski definition) is 1. The SMILES string of the molecule is CC(=O)[C@@H](C)CCCCc1cc(O)c(C)c(=O)o1. The quantitative estimate of drug-likeness (QED) is 0.790. The van der Waals surface area contributed by atoms with Crippen molar-refractivity contribution in [1.82, 2.24) is 0 Å². The zero-order valence-corrected chi connectivity index (χ0v) is 11.2. The van der Waals surface area contributed by atoms with Crippen LogP contribution < -0.4 is 5.63 Å². The molecule has 0 bridgehead atoms. The van der Waals surface area contributed by atoms with E-state index in [-0.39, 0.29) is 23.0 Å². The first-order valence-corrected chi connectivity index (χ1v) is 6.25. The van der Waals surface area contributed by atoms with Crippen molar-refractivity contribution in [2.45, 2.75) is 46.5 Å². The van der Waals surface area contributed by atoms with Crippen molar-refractivity contribution >= 4 is 5.78 Å². The van der Waals surface area contributed by atoms with Gasteiger partial charge in [-0.1, -0.05) is 13.3 Å². The number of aryl methyl sites for hydroxylation is 1. The fourth-order valence-electron chi connectivity index (χ4n) is 1.67. The van der Waals surface area contributed by atoms with Gasteiger partial charge in [0.1, 0.15) is 17.3 Å². The van der Waals surface area contributed by atoms with Crippen molar-refractivity contribution in [3.05, 3.63) is 27.8 Å². The van der Waals surface area contributed by atoms with Crippen molar-refractivity contribution < 1.29 is 14.3 Å². The number of Topliss-reactive ketones (excluding diaryl/α,β-unsaturated/α-hetero) is 1. The molecule has 1 atom stereocenters. The number of carbonyl (C=O) groups excluding carboxylic acids is 1. The molecule has 1 heterocycles. The highest BCUT2D eigenvalue weighted by Crippen LogP contribution is 2.16. The van der Waals surface area contributed by atoms with Gasteiger partial charge in [0.25, 0.3) is 0 Å². The summed E-state index contributed by atoms with van der Waals surface area (Å²) in [7, 11) is 0. The first-order chi connectivity index (χ1) is 8.41. The van der Waals surface area contributed by atoms with Gasteiger partial charge in [-0.25, -0.2) is 4.79 Å². The monoisotopic (exact) mass is 252 g/mol. The van der Waals surface area contributed by atoms with Gasteiger partial charge in [0.05, 0.1) is 5.56 Å². The molecule has 1 aromatic heterocycles. The molecule has 4 nitrogen and oxygen atoms in total. The lowest BCUT2D eigenvalue weighted by atomic mass is 9.99. The van der Waals surface area contributed by atoms with Crippen LogP contribution in [0.25, 0.3) is 0 Å². The Balaban J connectivity index is 2.45. The van der Waals surface area contributed by atoms with Gasteiger partial charge < -0.3 is 9.52 Å². The zero-order valence-electron chi connectivity index (χ0n) is 11.2. The van der Waals surface area contributed by atoms with Gasteiger partial charge in [-0.3, -0.25) is 4.79 Å². The molecule has 0 aromatic carbocycles. The number of ketones is 1. The molecule has 1 rings (SSSR count). The first kappa shape index (κ1) is 14.5. The second-order valence-electron chi connectivity index (χ2n) is 4.77. The fraction of sp³-hybridized carbons (Fsp3) is 0.571. The van der Waals surface area contributed by atoms with Gasteiger partial charge >= 0.3 is 5.63 Å². The third kappa shape index (κ3) is 4.02. The molecule has 18 heavy (non-hydrogen) atoms. The summed E-state index contributed by atoms with van der Waals surface area (Å²) >= 11 is 0. The largest absolute Gasteiger partial charge is 0.507 e. The summed E-state index contributed by atoms with van der Waals surface area (Å²) < 4.78 is 5.06.